The molecule has 0 aliphatic carbocycles. The van der Waals surface area contributed by atoms with Gasteiger partial charge < -0.3 is 51.2 Å². The molecule has 10 rings (SSSR count). The van der Waals surface area contributed by atoms with Crippen LogP contribution in [0.1, 0.15) is 69.2 Å². The summed E-state index contributed by atoms with van der Waals surface area (Å²) in [6.45, 7) is 8.09. The number of aliphatic carboxylic acids is 2. The van der Waals surface area contributed by atoms with E-state index >= 15 is 0 Å². The molecule has 20 heteroatoms. The first-order valence-corrected chi connectivity index (χ1v) is 26.0. The molecule has 0 bridgehead atoms. The van der Waals surface area contributed by atoms with Gasteiger partial charge in [-0.15, -0.1) is 0 Å². The van der Waals surface area contributed by atoms with Gasteiger partial charge in [0.25, 0.3) is 11.8 Å². The molecule has 18 nitrogen and oxygen atoms in total. The number of carboxylic acids is 2. The molecular formula is C58H64F2N12O6. The van der Waals surface area contributed by atoms with E-state index in [1.54, 1.807) is 36.7 Å². The SMILES string of the molecule is Nc1ccccc1C(=O)NCCN1CCC(Cc2nc3ccncc3n2Cc2ccc(F)cc2)CC1.Nc1ccccc1C(=O)NCCN1CCC(Cc2nc3ccncc3n2Cc2ccc(F)cc2)CC1.O=C(O)C(=O)O. The van der Waals surface area contributed by atoms with Crippen LogP contribution in [-0.2, 0) is 35.5 Å². The number of imidazole rings is 2. The van der Waals surface area contributed by atoms with Crippen LogP contribution >= 0.6 is 0 Å². The molecule has 2 fully saturated rings. The number of carbonyl (C=O) groups is 4. The summed E-state index contributed by atoms with van der Waals surface area (Å²) in [6.07, 6.45) is 13.4. The molecule has 0 radical (unpaired) electrons. The molecule has 0 spiro atoms. The summed E-state index contributed by atoms with van der Waals surface area (Å²) in [5.41, 5.74) is 19.8. The fraction of sp³-hybridized carbons (Fsp3) is 0.310. The minimum absolute atomic E-state index is 0.127. The van der Waals surface area contributed by atoms with Gasteiger partial charge in [0.05, 0.1) is 45.6 Å². The van der Waals surface area contributed by atoms with Crippen LogP contribution in [-0.4, -0.2) is 125 Å². The van der Waals surface area contributed by atoms with Crippen LogP contribution < -0.4 is 22.1 Å². The van der Waals surface area contributed by atoms with E-state index in [1.807, 2.05) is 73.1 Å². The second kappa shape index (κ2) is 26.9. The third-order valence-corrected chi connectivity index (χ3v) is 14.1. The van der Waals surface area contributed by atoms with Gasteiger partial charge in [0.15, 0.2) is 0 Å². The van der Waals surface area contributed by atoms with Crippen LogP contribution in [0.15, 0.2) is 134 Å². The molecule has 2 aliphatic heterocycles. The standard InChI is InChI=1S/2C28H31FN6O.C2H2O4/c2*29-22-7-5-21(6-8-22)19-35-26-18-31-12-9-25(26)33-27(35)17-20-10-14-34(15-11-20)16-13-32-28(36)23-3-1-2-4-24(23)30;3-1(4)2(5)6/h2*1-9,12,18,20H,10-11,13-17,19,30H2,(H,32,36);(H,3,4)(H,5,6). The van der Waals surface area contributed by atoms with Crippen molar-refractivity contribution in [3.8, 4) is 0 Å². The molecule has 8 N–H and O–H groups in total. The smallest absolute Gasteiger partial charge is 0.414 e. The van der Waals surface area contributed by atoms with Gasteiger partial charge in [-0.2, -0.15) is 0 Å². The minimum Gasteiger partial charge on any atom is -0.473 e. The highest BCUT2D eigenvalue weighted by molar-refractivity contribution is 6.27. The molecule has 0 atom stereocenters. The first kappa shape index (κ1) is 55.6. The van der Waals surface area contributed by atoms with Crippen molar-refractivity contribution in [2.75, 3.05) is 63.8 Å². The van der Waals surface area contributed by atoms with E-state index in [-0.39, 0.29) is 23.4 Å². The fourth-order valence-electron chi connectivity index (χ4n) is 9.85. The van der Waals surface area contributed by atoms with Crippen molar-refractivity contribution < 1.29 is 38.2 Å². The highest BCUT2D eigenvalue weighted by Crippen LogP contribution is 2.27. The first-order chi connectivity index (χ1) is 37.8. The summed E-state index contributed by atoms with van der Waals surface area (Å²) in [6, 6.07) is 31.4. The van der Waals surface area contributed by atoms with E-state index in [9.17, 15) is 18.4 Å². The fourth-order valence-corrected chi connectivity index (χ4v) is 9.85. The van der Waals surface area contributed by atoms with Crippen molar-refractivity contribution >= 4 is 57.2 Å². The molecule has 78 heavy (non-hydrogen) atoms. The number of likely N-dealkylation sites (tertiary alicyclic amines) is 2. The van der Waals surface area contributed by atoms with Crippen LogP contribution in [0.2, 0.25) is 0 Å². The van der Waals surface area contributed by atoms with Crippen molar-refractivity contribution in [2.24, 2.45) is 11.8 Å². The van der Waals surface area contributed by atoms with Crippen LogP contribution in [0.4, 0.5) is 20.2 Å². The number of fused-ring (bicyclic) bond motifs is 2. The number of hydrogen-bond donors (Lipinski definition) is 6. The quantitative estimate of drug-likeness (QED) is 0.0424. The second-order valence-electron chi connectivity index (χ2n) is 19.5. The Labute approximate surface area is 450 Å². The summed E-state index contributed by atoms with van der Waals surface area (Å²) in [5.74, 6) is -1.19. The number of carboxylic acid groups (broad SMARTS) is 2. The van der Waals surface area contributed by atoms with Gasteiger partial charge in [-0.25, -0.2) is 28.3 Å². The molecule has 406 valence electrons. The van der Waals surface area contributed by atoms with E-state index in [4.69, 9.17) is 41.2 Å². The van der Waals surface area contributed by atoms with Crippen LogP contribution in [0.25, 0.3) is 22.1 Å². The topological polar surface area (TPSA) is 253 Å². The van der Waals surface area contributed by atoms with Gasteiger partial charge in [-0.05, 0) is 135 Å². The van der Waals surface area contributed by atoms with Gasteiger partial charge in [0.1, 0.15) is 23.3 Å². The summed E-state index contributed by atoms with van der Waals surface area (Å²) >= 11 is 0. The third kappa shape index (κ3) is 15.3. The average Bonchev–Trinajstić information content (AvgIpc) is 4.00. The Morgan fingerprint density at radius 1 is 0.538 bits per heavy atom. The number of nitrogen functional groups attached to an aromatic ring is 2. The number of piperidine rings is 2. The normalized spacial score (nSPS) is 14.2. The predicted octanol–water partition coefficient (Wildman–Crippen LogP) is 6.93. The number of nitrogens with zero attached hydrogens (tertiary/aromatic N) is 8. The summed E-state index contributed by atoms with van der Waals surface area (Å²) in [5, 5.41) is 20.7. The van der Waals surface area contributed by atoms with E-state index < -0.39 is 11.9 Å². The van der Waals surface area contributed by atoms with Crippen LogP contribution in [0, 0.1) is 23.5 Å². The summed E-state index contributed by atoms with van der Waals surface area (Å²) in [7, 11) is 0. The molecule has 2 aliphatic rings. The molecule has 0 saturated carbocycles. The Morgan fingerprint density at radius 2 is 0.910 bits per heavy atom. The van der Waals surface area contributed by atoms with E-state index in [1.165, 1.54) is 24.3 Å². The summed E-state index contributed by atoms with van der Waals surface area (Å²) in [4.78, 5) is 66.2. The van der Waals surface area contributed by atoms with Crippen molar-refractivity contribution in [3.05, 3.63) is 180 Å². The maximum absolute atomic E-state index is 13.4. The Morgan fingerprint density at radius 3 is 1.27 bits per heavy atom. The number of aromatic nitrogens is 6. The van der Waals surface area contributed by atoms with Gasteiger partial charge in [-0.3, -0.25) is 19.6 Å². The molecule has 2 amide bonds. The van der Waals surface area contributed by atoms with Crippen molar-refractivity contribution in [1.82, 2.24) is 49.5 Å². The maximum Gasteiger partial charge on any atom is 0.414 e. The minimum atomic E-state index is -1.82. The van der Waals surface area contributed by atoms with Gasteiger partial charge in [0, 0.05) is 75.9 Å². The monoisotopic (exact) mass is 1060 g/mol. The molecule has 0 unspecified atom stereocenters. The average molecular weight is 1060 g/mol. The van der Waals surface area contributed by atoms with Crippen LogP contribution in [0.3, 0.4) is 0 Å². The first-order valence-electron chi connectivity index (χ1n) is 26.0. The zero-order chi connectivity index (χ0) is 55.0. The predicted molar refractivity (Wildman–Crippen MR) is 293 cm³/mol. The Balaban J connectivity index is 0.000000186. The number of halogens is 2. The van der Waals surface area contributed by atoms with E-state index in [2.05, 4.69) is 39.5 Å². The number of amides is 2. The summed E-state index contributed by atoms with van der Waals surface area (Å²) < 4.78 is 31.2. The van der Waals surface area contributed by atoms with E-state index in [0.29, 0.717) is 60.5 Å². The third-order valence-electron chi connectivity index (χ3n) is 14.1. The number of anilines is 2. The molecular weight excluding hydrogens is 999 g/mol. The number of nitrogens with two attached hydrogens (primary N) is 2. The van der Waals surface area contributed by atoms with Gasteiger partial charge in [0.2, 0.25) is 0 Å². The van der Waals surface area contributed by atoms with Gasteiger partial charge in [-0.1, -0.05) is 48.5 Å². The van der Waals surface area contributed by atoms with Crippen LogP contribution in [0.5, 0.6) is 0 Å². The number of para-hydroxylation sites is 2. The molecule has 2 saturated heterocycles. The molecule has 8 aromatic rings. The number of benzene rings is 4. The zero-order valence-electron chi connectivity index (χ0n) is 43.2. The van der Waals surface area contributed by atoms with Crippen molar-refractivity contribution in [2.45, 2.75) is 51.6 Å². The number of nitrogens with one attached hydrogen (secondary N) is 2. The lowest BCUT2D eigenvalue weighted by Crippen LogP contribution is -2.40. The Kier molecular flexibility index (Phi) is 19.2. The number of carbonyl (C=O) groups excluding carboxylic acids is 2. The molecule has 4 aromatic carbocycles. The van der Waals surface area contributed by atoms with Gasteiger partial charge >= 0.3 is 11.9 Å². The highest BCUT2D eigenvalue weighted by atomic mass is 19.1. The Bertz CT molecular complexity index is 3080. The van der Waals surface area contributed by atoms with Crippen molar-refractivity contribution in [3.63, 3.8) is 0 Å². The lowest BCUT2D eigenvalue weighted by Gasteiger charge is -2.32. The highest BCUT2D eigenvalue weighted by Gasteiger charge is 2.25. The zero-order valence-corrected chi connectivity index (χ0v) is 43.2. The second-order valence-corrected chi connectivity index (χ2v) is 19.5. The molecule has 4 aromatic heterocycles. The lowest BCUT2D eigenvalue weighted by atomic mass is 9.93. The Hall–Kier alpha value is -8.62. The molecule has 6 heterocycles. The van der Waals surface area contributed by atoms with Crippen molar-refractivity contribution in [1.29, 1.82) is 0 Å². The maximum atomic E-state index is 13.4. The number of pyridine rings is 2. The largest absolute Gasteiger partial charge is 0.473 e. The lowest BCUT2D eigenvalue weighted by molar-refractivity contribution is -0.159. The number of hydrogen-bond acceptors (Lipinski definition) is 12. The van der Waals surface area contributed by atoms with E-state index in [0.717, 1.165) is 123 Å². The number of rotatable bonds is 16.